The molecule has 1 amide bonds. The number of carbonyl (C=O) groups excluding carboxylic acids is 1. The van der Waals surface area contributed by atoms with E-state index in [2.05, 4.69) is 0 Å². The molecule has 0 saturated carbocycles. The lowest BCUT2D eigenvalue weighted by Gasteiger charge is -2.39. The monoisotopic (exact) mass is 214 g/mol. The molecule has 1 heterocycles. The van der Waals surface area contributed by atoms with E-state index >= 15 is 0 Å². The minimum absolute atomic E-state index is 0.124. The zero-order valence-corrected chi connectivity index (χ0v) is 10.2. The lowest BCUT2D eigenvalue weighted by atomic mass is 10.00. The molecule has 2 N–H and O–H groups in total. The van der Waals surface area contributed by atoms with E-state index in [4.69, 9.17) is 10.5 Å². The van der Waals surface area contributed by atoms with Crippen LogP contribution in [0.1, 0.15) is 34.1 Å². The Labute approximate surface area is 91.8 Å². The van der Waals surface area contributed by atoms with Crippen LogP contribution < -0.4 is 5.73 Å². The van der Waals surface area contributed by atoms with Gasteiger partial charge in [0, 0.05) is 25.0 Å². The van der Waals surface area contributed by atoms with Gasteiger partial charge in [-0.05, 0) is 27.7 Å². The van der Waals surface area contributed by atoms with E-state index in [0.717, 1.165) is 0 Å². The molecule has 0 aliphatic carbocycles. The number of ether oxygens (including phenoxy) is 1. The Balaban J connectivity index is 2.53. The summed E-state index contributed by atoms with van der Waals surface area (Å²) in [6, 6.07) is 0. The van der Waals surface area contributed by atoms with Crippen molar-refractivity contribution in [2.75, 3.05) is 19.7 Å². The first-order valence-electron chi connectivity index (χ1n) is 5.40. The quantitative estimate of drug-likeness (QED) is 0.738. The van der Waals surface area contributed by atoms with E-state index < -0.39 is 5.54 Å². The highest BCUT2D eigenvalue weighted by molar-refractivity contribution is 5.77. The molecule has 15 heavy (non-hydrogen) atoms. The normalized spacial score (nSPS) is 21.5. The van der Waals surface area contributed by atoms with Crippen LogP contribution in [-0.4, -0.2) is 41.6 Å². The number of hydrogen-bond acceptors (Lipinski definition) is 3. The highest BCUT2D eigenvalue weighted by atomic mass is 16.5. The SMILES string of the molecule is CC(C)(N)CC(=O)N1CCOC(C)(C)C1. The van der Waals surface area contributed by atoms with Gasteiger partial charge in [-0.2, -0.15) is 0 Å². The summed E-state index contributed by atoms with van der Waals surface area (Å²) < 4.78 is 5.55. The third-order valence-electron chi connectivity index (χ3n) is 2.39. The number of nitrogens with two attached hydrogens (primary N) is 1. The van der Waals surface area contributed by atoms with Crippen molar-refractivity contribution in [2.45, 2.75) is 45.3 Å². The fourth-order valence-electron chi connectivity index (χ4n) is 1.73. The number of amides is 1. The first kappa shape index (κ1) is 12.5. The predicted octanol–water partition coefficient (Wildman–Crippen LogP) is 0.751. The molecule has 0 radical (unpaired) electrons. The molecule has 1 aliphatic heterocycles. The summed E-state index contributed by atoms with van der Waals surface area (Å²) in [6.07, 6.45) is 0.392. The topological polar surface area (TPSA) is 55.6 Å². The molecule has 0 unspecified atom stereocenters. The first-order valence-corrected chi connectivity index (χ1v) is 5.40. The molecule has 0 spiro atoms. The molecule has 0 aromatic carbocycles. The summed E-state index contributed by atoms with van der Waals surface area (Å²) in [5.74, 6) is 0.124. The van der Waals surface area contributed by atoms with Crippen LogP contribution in [0.25, 0.3) is 0 Å². The lowest BCUT2D eigenvalue weighted by Crippen LogP contribution is -2.52. The number of rotatable bonds is 2. The molecular formula is C11H22N2O2. The molecule has 1 fully saturated rings. The van der Waals surface area contributed by atoms with Gasteiger partial charge in [0.05, 0.1) is 12.2 Å². The second-order valence-corrected chi connectivity index (χ2v) is 5.59. The predicted molar refractivity (Wildman–Crippen MR) is 59.5 cm³/mol. The molecule has 0 aromatic rings. The van der Waals surface area contributed by atoms with Crippen LogP contribution in [0.5, 0.6) is 0 Å². The van der Waals surface area contributed by atoms with Gasteiger partial charge in [0.2, 0.25) is 5.91 Å². The number of hydrogen-bond donors (Lipinski definition) is 1. The lowest BCUT2D eigenvalue weighted by molar-refractivity contribution is -0.146. The van der Waals surface area contributed by atoms with Crippen molar-refractivity contribution in [3.63, 3.8) is 0 Å². The Morgan fingerprint density at radius 1 is 1.53 bits per heavy atom. The van der Waals surface area contributed by atoms with E-state index in [1.54, 1.807) is 0 Å². The second-order valence-electron chi connectivity index (χ2n) is 5.59. The fourth-order valence-corrected chi connectivity index (χ4v) is 1.73. The van der Waals surface area contributed by atoms with Crippen molar-refractivity contribution < 1.29 is 9.53 Å². The van der Waals surface area contributed by atoms with Crippen LogP contribution in [0, 0.1) is 0 Å². The van der Waals surface area contributed by atoms with Crippen LogP contribution in [-0.2, 0) is 9.53 Å². The maximum Gasteiger partial charge on any atom is 0.224 e. The van der Waals surface area contributed by atoms with Gasteiger partial charge in [0.25, 0.3) is 0 Å². The number of carbonyl (C=O) groups is 1. The molecule has 1 aliphatic rings. The Hall–Kier alpha value is -0.610. The third-order valence-corrected chi connectivity index (χ3v) is 2.39. The van der Waals surface area contributed by atoms with Gasteiger partial charge in [-0.15, -0.1) is 0 Å². The summed E-state index contributed by atoms with van der Waals surface area (Å²) in [4.78, 5) is 13.7. The van der Waals surface area contributed by atoms with Crippen molar-refractivity contribution in [1.82, 2.24) is 4.90 Å². The van der Waals surface area contributed by atoms with Crippen LogP contribution in [0.3, 0.4) is 0 Å². The average molecular weight is 214 g/mol. The maximum absolute atomic E-state index is 11.9. The average Bonchev–Trinajstić information content (AvgIpc) is 1.99. The van der Waals surface area contributed by atoms with Crippen LogP contribution in [0.15, 0.2) is 0 Å². The molecule has 0 aromatic heterocycles. The molecule has 4 nitrogen and oxygen atoms in total. The van der Waals surface area contributed by atoms with E-state index in [1.807, 2.05) is 32.6 Å². The minimum Gasteiger partial charge on any atom is -0.372 e. The zero-order chi connectivity index (χ0) is 11.7. The summed E-state index contributed by atoms with van der Waals surface area (Å²) in [5.41, 5.74) is 5.17. The molecule has 1 rings (SSSR count). The van der Waals surface area contributed by atoms with E-state index in [1.165, 1.54) is 0 Å². The Morgan fingerprint density at radius 2 is 2.13 bits per heavy atom. The second kappa shape index (κ2) is 4.10. The molecule has 0 atom stereocenters. The van der Waals surface area contributed by atoms with Gasteiger partial charge in [-0.1, -0.05) is 0 Å². The summed E-state index contributed by atoms with van der Waals surface area (Å²) in [6.45, 7) is 9.69. The van der Waals surface area contributed by atoms with Crippen LogP contribution >= 0.6 is 0 Å². The van der Waals surface area contributed by atoms with Gasteiger partial charge in [-0.3, -0.25) is 4.79 Å². The van der Waals surface area contributed by atoms with Crippen molar-refractivity contribution in [1.29, 1.82) is 0 Å². The van der Waals surface area contributed by atoms with Crippen LogP contribution in [0.4, 0.5) is 0 Å². The summed E-state index contributed by atoms with van der Waals surface area (Å²) in [5, 5.41) is 0. The molecule has 88 valence electrons. The zero-order valence-electron chi connectivity index (χ0n) is 10.2. The smallest absolute Gasteiger partial charge is 0.224 e. The van der Waals surface area contributed by atoms with Gasteiger partial charge in [0.1, 0.15) is 0 Å². The van der Waals surface area contributed by atoms with E-state index in [9.17, 15) is 4.79 Å². The van der Waals surface area contributed by atoms with Gasteiger partial charge < -0.3 is 15.4 Å². The largest absolute Gasteiger partial charge is 0.372 e. The van der Waals surface area contributed by atoms with Crippen molar-refractivity contribution in [2.24, 2.45) is 5.73 Å². The van der Waals surface area contributed by atoms with E-state index in [0.29, 0.717) is 26.1 Å². The van der Waals surface area contributed by atoms with E-state index in [-0.39, 0.29) is 11.5 Å². The molecule has 4 heteroatoms. The fraction of sp³-hybridized carbons (Fsp3) is 0.909. The highest BCUT2D eigenvalue weighted by Gasteiger charge is 2.31. The summed E-state index contributed by atoms with van der Waals surface area (Å²) in [7, 11) is 0. The van der Waals surface area contributed by atoms with Crippen LogP contribution in [0.2, 0.25) is 0 Å². The summed E-state index contributed by atoms with van der Waals surface area (Å²) >= 11 is 0. The number of morpholine rings is 1. The van der Waals surface area contributed by atoms with Gasteiger partial charge in [-0.25, -0.2) is 0 Å². The number of nitrogens with zero attached hydrogens (tertiary/aromatic N) is 1. The molecular weight excluding hydrogens is 192 g/mol. The van der Waals surface area contributed by atoms with Gasteiger partial charge >= 0.3 is 0 Å². The maximum atomic E-state index is 11.9. The van der Waals surface area contributed by atoms with Crippen molar-refractivity contribution in [3.8, 4) is 0 Å². The Bertz CT molecular complexity index is 243. The highest BCUT2D eigenvalue weighted by Crippen LogP contribution is 2.18. The van der Waals surface area contributed by atoms with Gasteiger partial charge in [0.15, 0.2) is 0 Å². The van der Waals surface area contributed by atoms with Crippen molar-refractivity contribution >= 4 is 5.91 Å². The minimum atomic E-state index is -0.431. The molecule has 1 saturated heterocycles. The third kappa shape index (κ3) is 4.18. The molecule has 0 bridgehead atoms. The standard InChI is InChI=1S/C11H22N2O2/c1-10(2,12)7-9(14)13-5-6-15-11(3,4)8-13/h5-8,12H2,1-4H3. The first-order chi connectivity index (χ1) is 6.70. The van der Waals surface area contributed by atoms with Crippen molar-refractivity contribution in [3.05, 3.63) is 0 Å². The Kier molecular flexibility index (Phi) is 3.41. The Morgan fingerprint density at radius 3 is 2.60 bits per heavy atom.